The van der Waals surface area contributed by atoms with Gasteiger partial charge in [-0.05, 0) is 39.7 Å². The number of piperazine rings is 1. The highest BCUT2D eigenvalue weighted by molar-refractivity contribution is 4.90. The van der Waals surface area contributed by atoms with Crippen molar-refractivity contribution in [3.8, 4) is 0 Å². The first kappa shape index (κ1) is 14.3. The highest BCUT2D eigenvalue weighted by atomic mass is 16.5. The van der Waals surface area contributed by atoms with Crippen LogP contribution in [0.15, 0.2) is 0 Å². The fraction of sp³-hybridized carbons (Fsp3) is 1.00. The predicted molar refractivity (Wildman–Crippen MR) is 76.0 cm³/mol. The second kappa shape index (κ2) is 6.88. The highest BCUT2D eigenvalue weighted by Gasteiger charge is 2.33. The Balaban J connectivity index is 1.83. The Morgan fingerprint density at radius 3 is 2.78 bits per heavy atom. The summed E-state index contributed by atoms with van der Waals surface area (Å²) in [5.74, 6) is 0. The predicted octanol–water partition coefficient (Wildman–Crippen LogP) is 2.36. The summed E-state index contributed by atoms with van der Waals surface area (Å²) in [6.45, 7) is 12.4. The van der Waals surface area contributed by atoms with Crippen molar-refractivity contribution in [1.82, 2.24) is 9.80 Å². The van der Waals surface area contributed by atoms with Gasteiger partial charge in [-0.15, -0.1) is 0 Å². The zero-order chi connectivity index (χ0) is 13.0. The highest BCUT2D eigenvalue weighted by Crippen LogP contribution is 2.24. The molecule has 2 fully saturated rings. The molecule has 0 saturated carbocycles. The molecule has 18 heavy (non-hydrogen) atoms. The summed E-state index contributed by atoms with van der Waals surface area (Å²) in [6.07, 6.45) is 5.86. The van der Waals surface area contributed by atoms with Crippen LogP contribution < -0.4 is 0 Å². The molecule has 0 aromatic rings. The minimum Gasteiger partial charge on any atom is -0.377 e. The lowest BCUT2D eigenvalue weighted by molar-refractivity contribution is -0.0151. The molecule has 0 spiro atoms. The molecule has 0 aliphatic carbocycles. The lowest BCUT2D eigenvalue weighted by atomic mass is 9.96. The number of hydrogen-bond donors (Lipinski definition) is 0. The second-order valence-corrected chi connectivity index (χ2v) is 6.12. The molecule has 2 aliphatic rings. The van der Waals surface area contributed by atoms with E-state index in [4.69, 9.17) is 4.74 Å². The van der Waals surface area contributed by atoms with E-state index < -0.39 is 0 Å². The molecule has 2 unspecified atom stereocenters. The monoisotopic (exact) mass is 254 g/mol. The molecule has 0 aromatic heterocycles. The minimum atomic E-state index is 0.362. The van der Waals surface area contributed by atoms with Gasteiger partial charge in [0.1, 0.15) is 0 Å². The molecule has 2 atom stereocenters. The number of ether oxygens (including phenoxy) is 1. The third kappa shape index (κ3) is 3.69. The molecule has 106 valence electrons. The van der Waals surface area contributed by atoms with Gasteiger partial charge in [0, 0.05) is 31.7 Å². The lowest BCUT2D eigenvalue weighted by Gasteiger charge is -2.48. The summed E-state index contributed by atoms with van der Waals surface area (Å²) in [5.41, 5.74) is 0. The Morgan fingerprint density at radius 2 is 2.06 bits per heavy atom. The van der Waals surface area contributed by atoms with Gasteiger partial charge in [0.15, 0.2) is 0 Å². The summed E-state index contributed by atoms with van der Waals surface area (Å²) < 4.78 is 5.72. The van der Waals surface area contributed by atoms with Crippen molar-refractivity contribution in [3.05, 3.63) is 0 Å². The topological polar surface area (TPSA) is 15.7 Å². The smallest absolute Gasteiger partial charge is 0.0597 e. The van der Waals surface area contributed by atoms with Crippen molar-refractivity contribution in [2.45, 2.75) is 64.6 Å². The van der Waals surface area contributed by atoms with Crippen LogP contribution >= 0.6 is 0 Å². The molecular weight excluding hydrogens is 224 g/mol. The van der Waals surface area contributed by atoms with Crippen LogP contribution in [0.25, 0.3) is 0 Å². The first-order chi connectivity index (χ1) is 8.70. The van der Waals surface area contributed by atoms with Crippen LogP contribution in [0.4, 0.5) is 0 Å². The number of piperidine rings is 1. The van der Waals surface area contributed by atoms with Crippen LogP contribution in [0, 0.1) is 0 Å². The zero-order valence-electron chi connectivity index (χ0n) is 12.4. The minimum absolute atomic E-state index is 0.362. The number of rotatable bonds is 5. The maximum absolute atomic E-state index is 5.72. The van der Waals surface area contributed by atoms with E-state index in [-0.39, 0.29) is 0 Å². The van der Waals surface area contributed by atoms with Crippen molar-refractivity contribution in [1.29, 1.82) is 0 Å². The molecule has 2 saturated heterocycles. The Kier molecular flexibility index (Phi) is 5.46. The van der Waals surface area contributed by atoms with E-state index in [0.29, 0.717) is 6.10 Å². The first-order valence-corrected chi connectivity index (χ1v) is 7.80. The molecule has 3 nitrogen and oxygen atoms in total. The number of nitrogens with zero attached hydrogens (tertiary/aromatic N) is 2. The summed E-state index contributed by atoms with van der Waals surface area (Å²) >= 11 is 0. The molecule has 0 N–H and O–H groups in total. The van der Waals surface area contributed by atoms with Gasteiger partial charge in [0.05, 0.1) is 12.7 Å². The Labute approximate surface area is 112 Å². The summed E-state index contributed by atoms with van der Waals surface area (Å²) in [6, 6.07) is 1.57. The quantitative estimate of drug-likeness (QED) is 0.749. The van der Waals surface area contributed by atoms with Crippen LogP contribution in [0.3, 0.4) is 0 Å². The van der Waals surface area contributed by atoms with Crippen molar-refractivity contribution >= 4 is 0 Å². The normalized spacial score (nSPS) is 30.7. The maximum atomic E-state index is 5.72. The molecule has 0 aromatic carbocycles. The molecule has 2 rings (SSSR count). The van der Waals surface area contributed by atoms with E-state index >= 15 is 0 Å². The average molecular weight is 254 g/mol. The van der Waals surface area contributed by atoms with Crippen LogP contribution in [-0.2, 0) is 4.74 Å². The zero-order valence-corrected chi connectivity index (χ0v) is 12.4. The Bertz CT molecular complexity index is 245. The number of fused-ring (bicyclic) bond motifs is 1. The van der Waals surface area contributed by atoms with E-state index in [1.54, 1.807) is 0 Å². The van der Waals surface area contributed by atoms with Crippen molar-refractivity contribution < 1.29 is 4.74 Å². The van der Waals surface area contributed by atoms with Gasteiger partial charge >= 0.3 is 0 Å². The molecule has 0 radical (unpaired) electrons. The van der Waals surface area contributed by atoms with Gasteiger partial charge in [-0.2, -0.15) is 0 Å². The Hall–Kier alpha value is -0.120. The van der Waals surface area contributed by atoms with E-state index in [1.165, 1.54) is 45.3 Å². The molecule has 2 aliphatic heterocycles. The van der Waals surface area contributed by atoms with Gasteiger partial charge in [-0.3, -0.25) is 9.80 Å². The van der Waals surface area contributed by atoms with Crippen LogP contribution in [0.1, 0.15) is 46.5 Å². The van der Waals surface area contributed by atoms with Crippen LogP contribution in [0.2, 0.25) is 0 Å². The third-order valence-corrected chi connectivity index (χ3v) is 4.46. The largest absolute Gasteiger partial charge is 0.377 e. The van der Waals surface area contributed by atoms with Crippen molar-refractivity contribution in [3.63, 3.8) is 0 Å². The summed E-state index contributed by atoms with van der Waals surface area (Å²) in [5, 5.41) is 0. The van der Waals surface area contributed by atoms with Gasteiger partial charge in [-0.1, -0.05) is 13.3 Å². The first-order valence-electron chi connectivity index (χ1n) is 7.80. The Morgan fingerprint density at radius 1 is 1.22 bits per heavy atom. The van der Waals surface area contributed by atoms with Crippen LogP contribution in [0.5, 0.6) is 0 Å². The van der Waals surface area contributed by atoms with Crippen molar-refractivity contribution in [2.24, 2.45) is 0 Å². The lowest BCUT2D eigenvalue weighted by Crippen LogP contribution is -2.59. The van der Waals surface area contributed by atoms with Crippen molar-refractivity contribution in [2.75, 3.05) is 32.8 Å². The fourth-order valence-corrected chi connectivity index (χ4v) is 3.38. The third-order valence-electron chi connectivity index (χ3n) is 4.46. The standard InChI is InChI=1S/C15H30N2O/c1-4-14-11-16-8-6-5-7-15(16)12-17(14)9-10-18-13(2)3/h13-15H,4-12H2,1-3H3. The maximum Gasteiger partial charge on any atom is 0.0597 e. The van der Waals surface area contributed by atoms with E-state index in [1.807, 2.05) is 0 Å². The second-order valence-electron chi connectivity index (χ2n) is 6.12. The SMILES string of the molecule is CCC1CN2CCCCC2CN1CCOC(C)C. The molecule has 2 heterocycles. The van der Waals surface area contributed by atoms with Gasteiger partial charge in [0.25, 0.3) is 0 Å². The molecule has 3 heteroatoms. The van der Waals surface area contributed by atoms with E-state index in [9.17, 15) is 0 Å². The van der Waals surface area contributed by atoms with Gasteiger partial charge < -0.3 is 4.74 Å². The average Bonchev–Trinajstić information content (AvgIpc) is 2.37. The summed E-state index contributed by atoms with van der Waals surface area (Å²) in [4.78, 5) is 5.41. The van der Waals surface area contributed by atoms with Gasteiger partial charge in [-0.25, -0.2) is 0 Å². The molecule has 0 bridgehead atoms. The summed E-state index contributed by atoms with van der Waals surface area (Å²) in [7, 11) is 0. The fourth-order valence-electron chi connectivity index (χ4n) is 3.38. The van der Waals surface area contributed by atoms with E-state index in [2.05, 4.69) is 30.6 Å². The van der Waals surface area contributed by atoms with Gasteiger partial charge in [0.2, 0.25) is 0 Å². The number of hydrogen-bond acceptors (Lipinski definition) is 3. The molecule has 0 amide bonds. The van der Waals surface area contributed by atoms with E-state index in [0.717, 1.165) is 25.2 Å². The van der Waals surface area contributed by atoms with Crippen LogP contribution in [-0.4, -0.2) is 60.8 Å². The molecular formula is C15H30N2O.